The van der Waals surface area contributed by atoms with Crippen LogP contribution in [0.2, 0.25) is 0 Å². The normalized spacial score (nSPS) is 30.4. The molecule has 0 aromatic heterocycles. The van der Waals surface area contributed by atoms with Crippen LogP contribution >= 0.6 is 0 Å². The van der Waals surface area contributed by atoms with Gasteiger partial charge in [0.15, 0.2) is 0 Å². The first-order valence-electron chi connectivity index (χ1n) is 3.92. The average molecular weight is 158 g/mol. The Morgan fingerprint density at radius 3 is 2.82 bits per heavy atom. The van der Waals surface area contributed by atoms with E-state index in [4.69, 9.17) is 10.9 Å². The van der Waals surface area contributed by atoms with E-state index in [2.05, 4.69) is 0 Å². The number of hydrogen-bond donors (Lipinski definition) is 3. The molecule has 4 nitrogen and oxygen atoms in total. The highest BCUT2D eigenvalue weighted by molar-refractivity contribution is 5.74. The van der Waals surface area contributed by atoms with Crippen LogP contribution in [-0.4, -0.2) is 17.2 Å². The van der Waals surface area contributed by atoms with Gasteiger partial charge in [0.25, 0.3) is 0 Å². The molecule has 1 rings (SSSR count). The van der Waals surface area contributed by atoms with Gasteiger partial charge >= 0.3 is 0 Å². The van der Waals surface area contributed by atoms with Gasteiger partial charge in [-0.1, -0.05) is 6.42 Å². The summed E-state index contributed by atoms with van der Waals surface area (Å²) < 4.78 is 0. The Morgan fingerprint density at radius 2 is 2.36 bits per heavy atom. The third-order valence-corrected chi connectivity index (χ3v) is 2.29. The highest BCUT2D eigenvalue weighted by Crippen LogP contribution is 2.26. The maximum atomic E-state index is 10.7. The zero-order chi connectivity index (χ0) is 8.27. The van der Waals surface area contributed by atoms with E-state index in [0.717, 1.165) is 19.3 Å². The van der Waals surface area contributed by atoms with Crippen molar-refractivity contribution in [2.45, 2.75) is 31.7 Å². The first-order chi connectivity index (χ1) is 5.24. The van der Waals surface area contributed by atoms with Crippen LogP contribution in [0.3, 0.4) is 0 Å². The fourth-order valence-corrected chi connectivity index (χ4v) is 1.60. The molecule has 1 amide bonds. The van der Waals surface area contributed by atoms with Crippen LogP contribution in [0, 0.1) is 5.92 Å². The first kappa shape index (κ1) is 8.49. The molecule has 0 bridgehead atoms. The lowest BCUT2D eigenvalue weighted by Gasteiger charge is -2.12. The molecule has 2 atom stereocenters. The van der Waals surface area contributed by atoms with E-state index in [1.165, 1.54) is 0 Å². The predicted molar refractivity (Wildman–Crippen MR) is 39.9 cm³/mol. The molecular weight excluding hydrogens is 144 g/mol. The van der Waals surface area contributed by atoms with Crippen LogP contribution in [0.1, 0.15) is 25.7 Å². The second kappa shape index (κ2) is 3.69. The van der Waals surface area contributed by atoms with Crippen molar-refractivity contribution in [2.75, 3.05) is 0 Å². The summed E-state index contributed by atoms with van der Waals surface area (Å²) in [5, 5.41) is 8.24. The van der Waals surface area contributed by atoms with Crippen LogP contribution in [0.4, 0.5) is 0 Å². The summed E-state index contributed by atoms with van der Waals surface area (Å²) in [4.78, 5) is 10.7. The van der Waals surface area contributed by atoms with Crippen LogP contribution in [0.5, 0.6) is 0 Å². The topological polar surface area (TPSA) is 75.4 Å². The molecule has 0 aromatic carbocycles. The summed E-state index contributed by atoms with van der Waals surface area (Å²) in [7, 11) is 0. The minimum absolute atomic E-state index is 0.146. The number of nitrogens with one attached hydrogen (secondary N) is 1. The largest absolute Gasteiger partial charge is 0.327 e. The number of amides is 1. The van der Waals surface area contributed by atoms with Gasteiger partial charge in [0.1, 0.15) is 0 Å². The summed E-state index contributed by atoms with van der Waals surface area (Å²) in [6.45, 7) is 0. The Labute approximate surface area is 65.7 Å². The number of carbonyl (C=O) groups is 1. The number of carbonyl (C=O) groups excluding carboxylic acids is 1. The molecule has 4 N–H and O–H groups in total. The SMILES string of the molecule is N[C@@H]1CCC[C@H]1CC(=O)NO. The van der Waals surface area contributed by atoms with Crippen molar-refractivity contribution in [3.8, 4) is 0 Å². The first-order valence-corrected chi connectivity index (χ1v) is 3.92. The second-order valence-corrected chi connectivity index (χ2v) is 3.09. The van der Waals surface area contributed by atoms with Crippen molar-refractivity contribution in [1.82, 2.24) is 5.48 Å². The predicted octanol–water partition coefficient (Wildman–Crippen LogP) is 0.00930. The fraction of sp³-hybridized carbons (Fsp3) is 0.857. The fourth-order valence-electron chi connectivity index (χ4n) is 1.60. The Kier molecular flexibility index (Phi) is 2.84. The van der Waals surface area contributed by atoms with Gasteiger partial charge in [-0.2, -0.15) is 0 Å². The van der Waals surface area contributed by atoms with Gasteiger partial charge in [-0.05, 0) is 18.8 Å². The molecule has 0 radical (unpaired) electrons. The quantitative estimate of drug-likeness (QED) is 0.391. The van der Waals surface area contributed by atoms with Gasteiger partial charge in [-0.25, -0.2) is 5.48 Å². The van der Waals surface area contributed by atoms with E-state index in [1.807, 2.05) is 0 Å². The van der Waals surface area contributed by atoms with Gasteiger partial charge in [0.2, 0.25) is 5.91 Å². The van der Waals surface area contributed by atoms with Crippen LogP contribution in [0.25, 0.3) is 0 Å². The molecule has 1 saturated carbocycles. The molecule has 1 fully saturated rings. The zero-order valence-corrected chi connectivity index (χ0v) is 6.42. The third kappa shape index (κ3) is 2.17. The van der Waals surface area contributed by atoms with Gasteiger partial charge in [-0.15, -0.1) is 0 Å². The Bertz CT molecular complexity index is 149. The van der Waals surface area contributed by atoms with Crippen molar-refractivity contribution >= 4 is 5.91 Å². The number of rotatable bonds is 2. The van der Waals surface area contributed by atoms with Crippen molar-refractivity contribution in [3.05, 3.63) is 0 Å². The summed E-state index contributed by atoms with van der Waals surface area (Å²) in [6, 6.07) is 0.146. The van der Waals surface area contributed by atoms with Crippen molar-refractivity contribution in [1.29, 1.82) is 0 Å². The molecule has 0 aromatic rings. The molecular formula is C7H14N2O2. The molecule has 64 valence electrons. The molecule has 0 unspecified atom stereocenters. The summed E-state index contributed by atoms with van der Waals surface area (Å²) in [5.41, 5.74) is 7.34. The Morgan fingerprint density at radius 1 is 1.64 bits per heavy atom. The Balaban J connectivity index is 2.30. The smallest absolute Gasteiger partial charge is 0.243 e. The molecule has 1 aliphatic rings. The van der Waals surface area contributed by atoms with E-state index < -0.39 is 0 Å². The van der Waals surface area contributed by atoms with Gasteiger partial charge in [0, 0.05) is 12.5 Å². The van der Waals surface area contributed by atoms with Crippen molar-refractivity contribution < 1.29 is 10.0 Å². The molecule has 11 heavy (non-hydrogen) atoms. The highest BCUT2D eigenvalue weighted by atomic mass is 16.5. The van der Waals surface area contributed by atoms with E-state index in [9.17, 15) is 4.79 Å². The zero-order valence-electron chi connectivity index (χ0n) is 6.42. The summed E-state index contributed by atoms with van der Waals surface area (Å²) in [6.07, 6.45) is 3.47. The van der Waals surface area contributed by atoms with Gasteiger partial charge in [-0.3, -0.25) is 10.0 Å². The molecule has 0 heterocycles. The van der Waals surface area contributed by atoms with Gasteiger partial charge in [0.05, 0.1) is 0 Å². The molecule has 0 saturated heterocycles. The number of hydroxylamine groups is 1. The van der Waals surface area contributed by atoms with Crippen LogP contribution in [0.15, 0.2) is 0 Å². The van der Waals surface area contributed by atoms with Crippen molar-refractivity contribution in [2.24, 2.45) is 11.7 Å². The molecule has 1 aliphatic carbocycles. The van der Waals surface area contributed by atoms with Crippen molar-refractivity contribution in [3.63, 3.8) is 0 Å². The summed E-state index contributed by atoms with van der Waals surface area (Å²) >= 11 is 0. The third-order valence-electron chi connectivity index (χ3n) is 2.29. The van der Waals surface area contributed by atoms with E-state index in [1.54, 1.807) is 5.48 Å². The van der Waals surface area contributed by atoms with E-state index >= 15 is 0 Å². The molecule has 4 heteroatoms. The standard InChI is InChI=1S/C7H14N2O2/c8-6-3-1-2-5(6)4-7(10)9-11/h5-6,11H,1-4,8H2,(H,9,10)/t5-,6+/m0/s1. The minimum atomic E-state index is -0.327. The maximum absolute atomic E-state index is 10.7. The number of nitrogens with two attached hydrogens (primary N) is 1. The maximum Gasteiger partial charge on any atom is 0.243 e. The van der Waals surface area contributed by atoms with Gasteiger partial charge < -0.3 is 5.73 Å². The molecule has 0 spiro atoms. The average Bonchev–Trinajstić information content (AvgIpc) is 2.37. The number of hydrogen-bond acceptors (Lipinski definition) is 3. The van der Waals surface area contributed by atoms with E-state index in [0.29, 0.717) is 6.42 Å². The van der Waals surface area contributed by atoms with E-state index in [-0.39, 0.29) is 17.9 Å². The monoisotopic (exact) mass is 158 g/mol. The Hall–Kier alpha value is -0.610. The molecule has 0 aliphatic heterocycles. The lowest BCUT2D eigenvalue weighted by Crippen LogP contribution is -2.30. The van der Waals surface area contributed by atoms with Crippen LogP contribution < -0.4 is 11.2 Å². The highest BCUT2D eigenvalue weighted by Gasteiger charge is 2.25. The summed E-state index contributed by atoms with van der Waals surface area (Å²) in [5.74, 6) is -0.0606. The minimum Gasteiger partial charge on any atom is -0.327 e. The second-order valence-electron chi connectivity index (χ2n) is 3.09. The van der Waals surface area contributed by atoms with Crippen LogP contribution in [-0.2, 0) is 4.79 Å². The lowest BCUT2D eigenvalue weighted by atomic mass is 10.0. The lowest BCUT2D eigenvalue weighted by molar-refractivity contribution is -0.130.